The molecule has 1 fully saturated rings. The van der Waals surface area contributed by atoms with Gasteiger partial charge in [0.05, 0.1) is 18.8 Å². The summed E-state index contributed by atoms with van der Waals surface area (Å²) in [6.45, 7) is 11.2. The van der Waals surface area contributed by atoms with Crippen molar-refractivity contribution in [3.63, 3.8) is 0 Å². The van der Waals surface area contributed by atoms with E-state index in [0.29, 0.717) is 12.5 Å². The molecule has 0 radical (unpaired) electrons. The molecule has 2 rings (SSSR count). The normalized spacial score (nSPS) is 24.3. The summed E-state index contributed by atoms with van der Waals surface area (Å²) >= 11 is 0. The molecule has 22 heavy (non-hydrogen) atoms. The maximum Gasteiger partial charge on any atom is 0.193 e. The van der Waals surface area contributed by atoms with E-state index in [1.807, 2.05) is 30.3 Å². The Labute approximate surface area is 133 Å². The van der Waals surface area contributed by atoms with Crippen LogP contribution in [0.4, 0.5) is 5.69 Å². The van der Waals surface area contributed by atoms with Gasteiger partial charge in [0.25, 0.3) is 0 Å². The van der Waals surface area contributed by atoms with E-state index in [-0.39, 0.29) is 17.7 Å². The van der Waals surface area contributed by atoms with Crippen molar-refractivity contribution in [1.29, 1.82) is 0 Å². The van der Waals surface area contributed by atoms with Crippen LogP contribution in [-0.2, 0) is 4.74 Å². The van der Waals surface area contributed by atoms with E-state index >= 15 is 0 Å². The number of guanidine groups is 1. The molecule has 0 saturated carbocycles. The Morgan fingerprint density at radius 1 is 1.27 bits per heavy atom. The summed E-state index contributed by atoms with van der Waals surface area (Å²) < 4.78 is 5.80. The molecule has 2 unspecified atom stereocenters. The zero-order valence-electron chi connectivity index (χ0n) is 14.0. The number of benzene rings is 1. The molecule has 2 atom stereocenters. The minimum atomic E-state index is -0.0463. The average molecular weight is 304 g/mol. The van der Waals surface area contributed by atoms with E-state index < -0.39 is 0 Å². The van der Waals surface area contributed by atoms with Gasteiger partial charge in [-0.25, -0.2) is 0 Å². The first-order valence-electron chi connectivity index (χ1n) is 7.89. The van der Waals surface area contributed by atoms with Crippen molar-refractivity contribution in [3.8, 4) is 0 Å². The molecule has 5 nitrogen and oxygen atoms in total. The molecule has 0 aromatic heterocycles. The van der Waals surface area contributed by atoms with Crippen molar-refractivity contribution in [2.45, 2.75) is 45.4 Å². The van der Waals surface area contributed by atoms with E-state index in [0.717, 1.165) is 18.8 Å². The highest BCUT2D eigenvalue weighted by Gasteiger charge is 2.32. The second-order valence-corrected chi connectivity index (χ2v) is 6.67. The summed E-state index contributed by atoms with van der Waals surface area (Å²) in [5, 5.41) is 3.12. The van der Waals surface area contributed by atoms with Crippen LogP contribution >= 0.6 is 0 Å². The molecule has 5 heteroatoms. The lowest BCUT2D eigenvalue weighted by atomic mass is 10.0. The molecule has 0 spiro atoms. The highest BCUT2D eigenvalue weighted by molar-refractivity contribution is 5.92. The highest BCUT2D eigenvalue weighted by Crippen LogP contribution is 2.21. The number of para-hydroxylation sites is 1. The zero-order chi connectivity index (χ0) is 16.2. The van der Waals surface area contributed by atoms with Gasteiger partial charge in [0.15, 0.2) is 5.96 Å². The minimum absolute atomic E-state index is 0.0463. The van der Waals surface area contributed by atoms with E-state index in [1.54, 1.807) is 0 Å². The SMILES string of the molecule is CC1CN(C(C)(C)CN=C(N)Nc2ccccc2)CC(C)O1. The van der Waals surface area contributed by atoms with Crippen LogP contribution in [0.15, 0.2) is 35.3 Å². The summed E-state index contributed by atoms with van der Waals surface area (Å²) in [4.78, 5) is 6.95. The molecule has 0 amide bonds. The zero-order valence-corrected chi connectivity index (χ0v) is 14.0. The fourth-order valence-corrected chi connectivity index (χ4v) is 2.76. The third-order valence-corrected chi connectivity index (χ3v) is 3.96. The third kappa shape index (κ3) is 4.71. The number of nitrogens with two attached hydrogens (primary N) is 1. The summed E-state index contributed by atoms with van der Waals surface area (Å²) in [6, 6.07) is 9.85. The van der Waals surface area contributed by atoms with Gasteiger partial charge >= 0.3 is 0 Å². The molecule has 0 bridgehead atoms. The van der Waals surface area contributed by atoms with Gasteiger partial charge in [-0.1, -0.05) is 18.2 Å². The highest BCUT2D eigenvalue weighted by atomic mass is 16.5. The van der Waals surface area contributed by atoms with Crippen LogP contribution in [0.2, 0.25) is 0 Å². The first-order valence-corrected chi connectivity index (χ1v) is 7.89. The average Bonchev–Trinajstić information content (AvgIpc) is 2.45. The van der Waals surface area contributed by atoms with E-state index in [1.165, 1.54) is 0 Å². The second-order valence-electron chi connectivity index (χ2n) is 6.67. The van der Waals surface area contributed by atoms with Crippen LogP contribution in [0.25, 0.3) is 0 Å². The molecular formula is C17H28N4O. The lowest BCUT2D eigenvalue weighted by molar-refractivity contribution is -0.0939. The third-order valence-electron chi connectivity index (χ3n) is 3.96. The van der Waals surface area contributed by atoms with Crippen molar-refractivity contribution in [2.24, 2.45) is 10.7 Å². The van der Waals surface area contributed by atoms with Crippen molar-refractivity contribution in [2.75, 3.05) is 25.0 Å². The van der Waals surface area contributed by atoms with Gasteiger partial charge in [-0.3, -0.25) is 9.89 Å². The predicted octanol–water partition coefficient (Wildman–Crippen LogP) is 2.30. The molecule has 1 aromatic rings. The van der Waals surface area contributed by atoms with E-state index in [9.17, 15) is 0 Å². The van der Waals surface area contributed by atoms with Crippen LogP contribution in [0.5, 0.6) is 0 Å². The van der Waals surface area contributed by atoms with Crippen molar-refractivity contribution in [3.05, 3.63) is 30.3 Å². The van der Waals surface area contributed by atoms with Gasteiger partial charge < -0.3 is 15.8 Å². The van der Waals surface area contributed by atoms with Crippen LogP contribution in [0.1, 0.15) is 27.7 Å². The number of hydrogen-bond acceptors (Lipinski definition) is 3. The molecular weight excluding hydrogens is 276 g/mol. The molecule has 1 aromatic carbocycles. The quantitative estimate of drug-likeness (QED) is 0.662. The van der Waals surface area contributed by atoms with Gasteiger partial charge in [0, 0.05) is 24.3 Å². The lowest BCUT2D eigenvalue weighted by Gasteiger charge is -2.44. The van der Waals surface area contributed by atoms with Crippen LogP contribution in [0.3, 0.4) is 0 Å². The summed E-state index contributed by atoms with van der Waals surface area (Å²) in [6.07, 6.45) is 0.513. The molecule has 3 N–H and O–H groups in total. The fourth-order valence-electron chi connectivity index (χ4n) is 2.76. The molecule has 1 heterocycles. The first kappa shape index (κ1) is 16.8. The Morgan fingerprint density at radius 3 is 2.45 bits per heavy atom. The van der Waals surface area contributed by atoms with Gasteiger partial charge in [0.1, 0.15) is 0 Å². The number of nitrogens with zero attached hydrogens (tertiary/aromatic N) is 2. The molecule has 1 aliphatic heterocycles. The largest absolute Gasteiger partial charge is 0.373 e. The van der Waals surface area contributed by atoms with E-state index in [4.69, 9.17) is 10.5 Å². The number of morpholine rings is 1. The van der Waals surface area contributed by atoms with Crippen molar-refractivity contribution in [1.82, 2.24) is 4.90 Å². The minimum Gasteiger partial charge on any atom is -0.373 e. The molecule has 1 saturated heterocycles. The van der Waals surface area contributed by atoms with E-state index in [2.05, 4.69) is 42.9 Å². The van der Waals surface area contributed by atoms with Crippen molar-refractivity contribution < 1.29 is 4.74 Å². The van der Waals surface area contributed by atoms with Crippen LogP contribution < -0.4 is 11.1 Å². The standard InChI is InChI=1S/C17H28N4O/c1-13-10-21(11-14(2)22-13)17(3,4)12-19-16(18)20-15-8-6-5-7-9-15/h5-9,13-14H,10-12H2,1-4H3,(H3,18,19,20). The number of ether oxygens (including phenoxy) is 1. The Balaban J connectivity index is 1.94. The molecule has 1 aliphatic rings. The summed E-state index contributed by atoms with van der Waals surface area (Å²) in [5.74, 6) is 0.452. The Bertz CT molecular complexity index is 491. The van der Waals surface area contributed by atoms with Gasteiger partial charge in [-0.15, -0.1) is 0 Å². The Hall–Kier alpha value is -1.59. The van der Waals surface area contributed by atoms with Crippen LogP contribution in [0, 0.1) is 0 Å². The number of hydrogen-bond donors (Lipinski definition) is 2. The monoisotopic (exact) mass is 304 g/mol. The fraction of sp³-hybridized carbons (Fsp3) is 0.588. The van der Waals surface area contributed by atoms with Crippen LogP contribution in [-0.4, -0.2) is 48.2 Å². The van der Waals surface area contributed by atoms with Gasteiger partial charge in [0.2, 0.25) is 0 Å². The predicted molar refractivity (Wildman–Crippen MR) is 92.2 cm³/mol. The molecule has 0 aliphatic carbocycles. The number of rotatable bonds is 4. The Kier molecular flexibility index (Phi) is 5.42. The first-order chi connectivity index (χ1) is 10.4. The summed E-state index contributed by atoms with van der Waals surface area (Å²) in [7, 11) is 0. The number of aliphatic imine (C=N–C) groups is 1. The maximum atomic E-state index is 5.99. The summed E-state index contributed by atoms with van der Waals surface area (Å²) in [5.41, 5.74) is 6.90. The van der Waals surface area contributed by atoms with Gasteiger partial charge in [-0.05, 0) is 39.8 Å². The number of nitrogens with one attached hydrogen (secondary N) is 1. The molecule has 122 valence electrons. The smallest absolute Gasteiger partial charge is 0.193 e. The Morgan fingerprint density at radius 2 is 1.86 bits per heavy atom. The van der Waals surface area contributed by atoms with Crippen molar-refractivity contribution >= 4 is 11.6 Å². The maximum absolute atomic E-state index is 5.99. The van der Waals surface area contributed by atoms with Gasteiger partial charge in [-0.2, -0.15) is 0 Å². The topological polar surface area (TPSA) is 62.9 Å². The lowest BCUT2D eigenvalue weighted by Crippen LogP contribution is -2.56. The number of anilines is 1. The second kappa shape index (κ2) is 7.11.